The van der Waals surface area contributed by atoms with E-state index in [0.717, 1.165) is 4.34 Å². The number of rotatable bonds is 6. The summed E-state index contributed by atoms with van der Waals surface area (Å²) in [7, 11) is 0. The van der Waals surface area contributed by atoms with E-state index in [1.807, 2.05) is 20.8 Å². The number of hydrogen-bond donors (Lipinski definition) is 0. The van der Waals surface area contributed by atoms with Gasteiger partial charge in [0, 0.05) is 5.56 Å². The largest absolute Gasteiger partial charge is 0.466 e. The third-order valence-electron chi connectivity index (χ3n) is 3.22. The minimum absolute atomic E-state index is 0.0524. The van der Waals surface area contributed by atoms with Crippen molar-refractivity contribution < 1.29 is 13.7 Å². The molecule has 0 N–H and O–H groups in total. The van der Waals surface area contributed by atoms with Crippen LogP contribution in [0, 0.1) is 12.7 Å². The van der Waals surface area contributed by atoms with Crippen LogP contribution in [0.5, 0.6) is 5.19 Å². The highest BCUT2D eigenvalue weighted by Gasteiger charge is 2.19. The van der Waals surface area contributed by atoms with Crippen LogP contribution >= 0.6 is 23.1 Å². The molecular weight excluding hydrogens is 363 g/mol. The van der Waals surface area contributed by atoms with Gasteiger partial charge in [-0.1, -0.05) is 34.1 Å². The molecule has 0 saturated carbocycles. The Morgan fingerprint density at radius 3 is 2.76 bits per heavy atom. The van der Waals surface area contributed by atoms with E-state index in [0.29, 0.717) is 28.0 Å². The zero-order chi connectivity index (χ0) is 18.0. The van der Waals surface area contributed by atoms with Crippen LogP contribution < -0.4 is 4.74 Å². The SMILES string of the molecule is Cc1ccc(-c2noc(C(C)Sc3nnc(OC(C)C)s3)n2)cc1F. The maximum atomic E-state index is 13.7. The second kappa shape index (κ2) is 7.49. The highest BCUT2D eigenvalue weighted by atomic mass is 32.2. The van der Waals surface area contributed by atoms with Gasteiger partial charge in [-0.3, -0.25) is 0 Å². The molecule has 1 unspecified atom stereocenters. The van der Waals surface area contributed by atoms with Crippen molar-refractivity contribution in [2.75, 3.05) is 0 Å². The van der Waals surface area contributed by atoms with Crippen LogP contribution in [-0.4, -0.2) is 26.4 Å². The van der Waals surface area contributed by atoms with E-state index in [1.165, 1.54) is 29.2 Å². The summed E-state index contributed by atoms with van der Waals surface area (Å²) in [6.45, 7) is 7.51. The van der Waals surface area contributed by atoms with Gasteiger partial charge in [-0.05, 0) is 50.7 Å². The summed E-state index contributed by atoms with van der Waals surface area (Å²) in [6.07, 6.45) is 0.0524. The molecule has 25 heavy (non-hydrogen) atoms. The maximum absolute atomic E-state index is 13.7. The minimum atomic E-state index is -0.294. The molecule has 0 aliphatic carbocycles. The van der Waals surface area contributed by atoms with Gasteiger partial charge < -0.3 is 9.26 Å². The molecule has 132 valence electrons. The normalized spacial score (nSPS) is 12.6. The number of benzene rings is 1. The van der Waals surface area contributed by atoms with Crippen molar-refractivity contribution in [3.63, 3.8) is 0 Å². The van der Waals surface area contributed by atoms with E-state index >= 15 is 0 Å². The van der Waals surface area contributed by atoms with Crippen LogP contribution in [-0.2, 0) is 0 Å². The average molecular weight is 380 g/mol. The number of aromatic nitrogens is 4. The van der Waals surface area contributed by atoms with Crippen molar-refractivity contribution in [1.29, 1.82) is 0 Å². The van der Waals surface area contributed by atoms with Gasteiger partial charge in [0.15, 0.2) is 4.34 Å². The van der Waals surface area contributed by atoms with Gasteiger partial charge >= 0.3 is 0 Å². The molecule has 2 aromatic heterocycles. The zero-order valence-corrected chi connectivity index (χ0v) is 15.8. The summed E-state index contributed by atoms with van der Waals surface area (Å²) in [5.74, 6) is 0.516. The Hall–Kier alpha value is -2.00. The number of hydrogen-bond acceptors (Lipinski definition) is 8. The summed E-state index contributed by atoms with van der Waals surface area (Å²) in [6, 6.07) is 4.86. The number of aryl methyl sites for hydroxylation is 1. The predicted octanol–water partition coefficient (Wildman–Crippen LogP) is 4.68. The molecule has 0 amide bonds. The van der Waals surface area contributed by atoms with Gasteiger partial charge in [-0.15, -0.1) is 5.10 Å². The van der Waals surface area contributed by atoms with Crippen LogP contribution in [0.25, 0.3) is 11.4 Å². The lowest BCUT2D eigenvalue weighted by Crippen LogP contribution is -2.04. The zero-order valence-electron chi connectivity index (χ0n) is 14.2. The summed E-state index contributed by atoms with van der Waals surface area (Å²) < 4.78 is 25.3. The summed E-state index contributed by atoms with van der Waals surface area (Å²) in [5, 5.41) is 12.4. The molecule has 0 fully saturated rings. The molecule has 0 bridgehead atoms. The lowest BCUT2D eigenvalue weighted by atomic mass is 10.1. The fourth-order valence-corrected chi connectivity index (χ4v) is 3.92. The van der Waals surface area contributed by atoms with Crippen molar-refractivity contribution in [3.05, 3.63) is 35.5 Å². The summed E-state index contributed by atoms with van der Waals surface area (Å²) in [4.78, 5) is 4.36. The van der Waals surface area contributed by atoms with Gasteiger partial charge in [0.05, 0.1) is 11.4 Å². The van der Waals surface area contributed by atoms with Crippen molar-refractivity contribution in [2.24, 2.45) is 0 Å². The van der Waals surface area contributed by atoms with E-state index in [9.17, 15) is 4.39 Å². The molecular formula is C16H17FN4O2S2. The first-order valence-electron chi connectivity index (χ1n) is 7.69. The maximum Gasteiger partial charge on any atom is 0.295 e. The Kier molecular flexibility index (Phi) is 5.33. The monoisotopic (exact) mass is 380 g/mol. The number of halogens is 1. The Bertz CT molecular complexity index is 865. The summed E-state index contributed by atoms with van der Waals surface area (Å²) >= 11 is 2.82. The van der Waals surface area contributed by atoms with Crippen LogP contribution in [0.2, 0.25) is 0 Å². The Morgan fingerprint density at radius 1 is 1.24 bits per heavy atom. The van der Waals surface area contributed by atoms with Crippen LogP contribution in [0.1, 0.15) is 37.5 Å². The smallest absolute Gasteiger partial charge is 0.295 e. The van der Waals surface area contributed by atoms with E-state index in [1.54, 1.807) is 19.1 Å². The van der Waals surface area contributed by atoms with E-state index in [2.05, 4.69) is 20.3 Å². The van der Waals surface area contributed by atoms with Crippen molar-refractivity contribution in [1.82, 2.24) is 20.3 Å². The van der Waals surface area contributed by atoms with Crippen molar-refractivity contribution in [3.8, 4) is 16.6 Å². The second-order valence-electron chi connectivity index (χ2n) is 5.68. The highest BCUT2D eigenvalue weighted by Crippen LogP contribution is 2.38. The molecule has 3 aromatic rings. The average Bonchev–Trinajstić information content (AvgIpc) is 3.19. The molecule has 0 saturated heterocycles. The van der Waals surface area contributed by atoms with Crippen molar-refractivity contribution >= 4 is 23.1 Å². The molecule has 0 spiro atoms. The van der Waals surface area contributed by atoms with Crippen LogP contribution in [0.3, 0.4) is 0 Å². The fraction of sp³-hybridized carbons (Fsp3) is 0.375. The van der Waals surface area contributed by atoms with Gasteiger partial charge in [0.2, 0.25) is 11.7 Å². The third kappa shape index (κ3) is 4.35. The lowest BCUT2D eigenvalue weighted by Gasteiger charge is -2.03. The van der Waals surface area contributed by atoms with Crippen LogP contribution in [0.4, 0.5) is 4.39 Å². The van der Waals surface area contributed by atoms with Crippen molar-refractivity contribution in [2.45, 2.75) is 43.4 Å². The first-order valence-corrected chi connectivity index (χ1v) is 9.39. The number of ether oxygens (including phenoxy) is 1. The fourth-order valence-electron chi connectivity index (χ4n) is 1.95. The lowest BCUT2D eigenvalue weighted by molar-refractivity contribution is 0.239. The highest BCUT2D eigenvalue weighted by molar-refractivity contribution is 8.01. The summed E-state index contributed by atoms with van der Waals surface area (Å²) in [5.41, 5.74) is 1.16. The van der Waals surface area contributed by atoms with Crippen LogP contribution in [0.15, 0.2) is 27.1 Å². The molecule has 2 heterocycles. The quantitative estimate of drug-likeness (QED) is 0.575. The number of nitrogens with zero attached hydrogens (tertiary/aromatic N) is 4. The van der Waals surface area contributed by atoms with Gasteiger partial charge in [-0.25, -0.2) is 4.39 Å². The molecule has 6 nitrogen and oxygen atoms in total. The second-order valence-corrected chi connectivity index (χ2v) is 8.21. The molecule has 9 heteroatoms. The molecule has 0 radical (unpaired) electrons. The number of thioether (sulfide) groups is 1. The topological polar surface area (TPSA) is 73.9 Å². The van der Waals surface area contributed by atoms with E-state index in [-0.39, 0.29) is 17.2 Å². The minimum Gasteiger partial charge on any atom is -0.466 e. The Balaban J connectivity index is 1.71. The molecule has 0 aliphatic heterocycles. The Morgan fingerprint density at radius 2 is 2.04 bits per heavy atom. The molecule has 1 atom stereocenters. The molecule has 1 aromatic carbocycles. The molecule has 0 aliphatic rings. The predicted molar refractivity (Wildman–Crippen MR) is 94.4 cm³/mol. The van der Waals surface area contributed by atoms with Gasteiger partial charge in [0.1, 0.15) is 5.82 Å². The van der Waals surface area contributed by atoms with Gasteiger partial charge in [-0.2, -0.15) is 4.98 Å². The molecule has 3 rings (SSSR count). The first kappa shape index (κ1) is 17.8. The van der Waals surface area contributed by atoms with E-state index in [4.69, 9.17) is 9.26 Å². The first-order chi connectivity index (χ1) is 11.9. The Labute approximate surface area is 152 Å². The third-order valence-corrected chi connectivity index (χ3v) is 5.21. The van der Waals surface area contributed by atoms with E-state index < -0.39 is 0 Å². The van der Waals surface area contributed by atoms with Gasteiger partial charge in [0.25, 0.3) is 5.19 Å². The standard InChI is InChI=1S/C16H17FN4O2S2/c1-8(2)22-15-19-20-16(25-15)24-10(4)14-18-13(21-23-14)11-6-5-9(3)12(17)7-11/h5-8,10H,1-4H3.